The van der Waals surface area contributed by atoms with E-state index in [-0.39, 0.29) is 42.5 Å². The molecule has 96 valence electrons. The summed E-state index contributed by atoms with van der Waals surface area (Å²) < 4.78 is 30.9. The molecule has 0 aliphatic carbocycles. The van der Waals surface area contributed by atoms with Crippen molar-refractivity contribution in [3.8, 4) is 0 Å². The summed E-state index contributed by atoms with van der Waals surface area (Å²) in [6, 6.07) is 0. The minimum absolute atomic E-state index is 0. The molecule has 0 aromatic rings. The molecule has 1 fully saturated rings. The molecule has 1 aliphatic heterocycles. The largest absolute Gasteiger partial charge is 1.00 e. The molecule has 0 radical (unpaired) electrons. The molecule has 5 N–H and O–H groups in total. The van der Waals surface area contributed by atoms with Crippen molar-refractivity contribution in [2.24, 2.45) is 5.73 Å². The minimum Gasteiger partial charge on any atom is -0.785 e. The van der Waals surface area contributed by atoms with Crippen LogP contribution in [0.2, 0.25) is 0 Å². The Kier molecular flexibility index (Phi) is 6.98. The van der Waals surface area contributed by atoms with E-state index in [2.05, 4.69) is 8.62 Å². The first-order chi connectivity index (χ1) is 7.16. The van der Waals surface area contributed by atoms with Gasteiger partial charge in [0.05, 0.1) is 0 Å². The molecule has 0 saturated carbocycles. The fourth-order valence-electron chi connectivity index (χ4n) is 1.11. The van der Waals surface area contributed by atoms with Crippen molar-refractivity contribution < 1.29 is 67.1 Å². The number of hydrogen-bond donors (Lipinski definition) is 4. The molecule has 1 aliphatic rings. The smallest absolute Gasteiger partial charge is 0.785 e. The predicted octanol–water partition coefficient (Wildman–Crippen LogP) is -3.62. The van der Waals surface area contributed by atoms with Crippen molar-refractivity contribution in [2.75, 3.05) is 6.54 Å². The Balaban J connectivity index is 0.00000256. The first kappa shape index (κ1) is 18.6. The molecular weight excluding hydrogens is 306 g/mol. The second-order valence-corrected chi connectivity index (χ2v) is 8.76. The van der Waals surface area contributed by atoms with Gasteiger partial charge in [0.25, 0.3) is 5.08 Å². The summed E-state index contributed by atoms with van der Waals surface area (Å²) in [6.07, 6.45) is -0.580. The van der Waals surface area contributed by atoms with Gasteiger partial charge in [0.2, 0.25) is 0 Å². The van der Waals surface area contributed by atoms with E-state index in [0.717, 1.165) is 0 Å². The molecule has 0 spiro atoms. The van der Waals surface area contributed by atoms with Gasteiger partial charge in [-0.05, 0) is 13.0 Å². The Bertz CT molecular complexity index is 339. The van der Waals surface area contributed by atoms with E-state index in [0.29, 0.717) is 0 Å². The van der Waals surface area contributed by atoms with Crippen LogP contribution in [0.5, 0.6) is 0 Å². The van der Waals surface area contributed by atoms with Gasteiger partial charge in [-0.25, -0.2) is 0 Å². The third-order valence-electron chi connectivity index (χ3n) is 1.98. The normalized spacial score (nSPS) is 46.3. The zero-order chi connectivity index (χ0) is 12.6. The molecule has 2 unspecified atom stereocenters. The zero-order valence-corrected chi connectivity index (χ0v) is 13.6. The van der Waals surface area contributed by atoms with Crippen LogP contribution in [0.15, 0.2) is 0 Å². The molecule has 0 bridgehead atoms. The molecular formula is C4H11NNaO8P3. The number of aliphatic hydroxyl groups is 1. The van der Waals surface area contributed by atoms with Gasteiger partial charge in [-0.3, -0.25) is 17.8 Å². The van der Waals surface area contributed by atoms with E-state index in [9.17, 15) is 28.9 Å². The van der Waals surface area contributed by atoms with Crippen LogP contribution in [-0.4, -0.2) is 26.5 Å². The number of hydrogen-bond acceptors (Lipinski definition) is 7. The van der Waals surface area contributed by atoms with Crippen molar-refractivity contribution >= 4 is 23.8 Å². The Labute approximate surface area is 121 Å². The number of nitrogens with two attached hydrogens (primary N) is 1. The summed E-state index contributed by atoms with van der Waals surface area (Å²) in [5.74, 6) is 0. The van der Waals surface area contributed by atoms with Crippen LogP contribution in [0.25, 0.3) is 0 Å². The first-order valence-corrected chi connectivity index (χ1v) is 8.36. The van der Waals surface area contributed by atoms with Gasteiger partial charge in [0.15, 0.2) is 0 Å². The van der Waals surface area contributed by atoms with Crippen LogP contribution in [0.4, 0.5) is 0 Å². The van der Waals surface area contributed by atoms with Gasteiger partial charge in [0, 0.05) is 6.42 Å². The summed E-state index contributed by atoms with van der Waals surface area (Å²) in [5, 5.41) is 6.73. The third kappa shape index (κ3) is 3.58. The Morgan fingerprint density at radius 2 is 1.71 bits per heavy atom. The fourth-order valence-corrected chi connectivity index (χ4v) is 6.80. The maximum Gasteiger partial charge on any atom is 1.00 e. The second-order valence-electron chi connectivity index (χ2n) is 3.09. The molecule has 9 nitrogen and oxygen atoms in total. The standard InChI is InChI=1S/C4H11NO8P3.Na/c5-3-1-2-4(6)15(8,9)12-14(7)13-16(4,10)11;/h6H,1-3,5H2,(H,8,9)(H,10,11);/q-1;+1. The first-order valence-electron chi connectivity index (χ1n) is 4.11. The minimum atomic E-state index is -4.94. The monoisotopic (exact) mass is 317 g/mol. The van der Waals surface area contributed by atoms with Crippen molar-refractivity contribution in [2.45, 2.75) is 17.9 Å². The molecule has 1 rings (SSSR count). The van der Waals surface area contributed by atoms with Gasteiger partial charge in [-0.2, -0.15) is 0 Å². The zero-order valence-electron chi connectivity index (χ0n) is 8.92. The van der Waals surface area contributed by atoms with Crippen molar-refractivity contribution in [3.63, 3.8) is 0 Å². The van der Waals surface area contributed by atoms with Crippen LogP contribution >= 0.6 is 23.8 Å². The molecule has 13 heteroatoms. The summed E-state index contributed by atoms with van der Waals surface area (Å²) in [7, 11) is -13.1. The van der Waals surface area contributed by atoms with E-state index >= 15 is 0 Å². The fraction of sp³-hybridized carbons (Fsp3) is 1.00. The van der Waals surface area contributed by atoms with Crippen LogP contribution < -0.4 is 40.2 Å². The van der Waals surface area contributed by atoms with Crippen molar-refractivity contribution in [1.82, 2.24) is 0 Å². The van der Waals surface area contributed by atoms with Crippen molar-refractivity contribution in [1.29, 1.82) is 0 Å². The quantitative estimate of drug-likeness (QED) is 0.304. The molecule has 0 aromatic carbocycles. The predicted molar refractivity (Wildman–Crippen MR) is 52.0 cm³/mol. The van der Waals surface area contributed by atoms with Gasteiger partial charge in [-0.15, -0.1) is 0 Å². The molecule has 1 heterocycles. The van der Waals surface area contributed by atoms with Gasteiger partial charge < -0.3 is 25.5 Å². The number of rotatable bonds is 3. The SMILES string of the molecule is NCCCC1(O)P(=O)(O)OP([O-])OP1(=O)O.[Na+]. The average molecular weight is 317 g/mol. The third-order valence-corrected chi connectivity index (χ3v) is 8.59. The second kappa shape index (κ2) is 6.37. The Morgan fingerprint density at radius 3 is 2.06 bits per heavy atom. The molecule has 1 saturated heterocycles. The maximum absolute atomic E-state index is 11.5. The summed E-state index contributed by atoms with van der Waals surface area (Å²) >= 11 is 0. The Hall–Kier alpha value is 1.61. The summed E-state index contributed by atoms with van der Waals surface area (Å²) in [6.45, 7) is 0.0223. The van der Waals surface area contributed by atoms with E-state index in [1.54, 1.807) is 0 Å². The summed E-state index contributed by atoms with van der Waals surface area (Å²) in [4.78, 5) is 29.3. The van der Waals surface area contributed by atoms with Crippen LogP contribution in [0.3, 0.4) is 0 Å². The van der Waals surface area contributed by atoms with Gasteiger partial charge >= 0.3 is 44.7 Å². The molecule has 0 aromatic heterocycles. The van der Waals surface area contributed by atoms with E-state index < -0.39 is 35.3 Å². The average Bonchev–Trinajstić information content (AvgIpc) is 2.09. The van der Waals surface area contributed by atoms with Crippen LogP contribution in [0.1, 0.15) is 12.8 Å². The van der Waals surface area contributed by atoms with Crippen LogP contribution in [0, 0.1) is 0 Å². The topological polar surface area (TPSA) is 162 Å². The van der Waals surface area contributed by atoms with Crippen molar-refractivity contribution in [3.05, 3.63) is 0 Å². The van der Waals surface area contributed by atoms with E-state index in [4.69, 9.17) is 5.73 Å². The summed E-state index contributed by atoms with van der Waals surface area (Å²) in [5.41, 5.74) is 5.12. The Morgan fingerprint density at radius 1 is 1.29 bits per heavy atom. The maximum atomic E-state index is 11.5. The van der Waals surface area contributed by atoms with Gasteiger partial charge in [0.1, 0.15) is 8.60 Å². The molecule has 2 atom stereocenters. The molecule has 0 amide bonds. The van der Waals surface area contributed by atoms with Gasteiger partial charge in [-0.1, -0.05) is 0 Å². The van der Waals surface area contributed by atoms with E-state index in [1.807, 2.05) is 0 Å². The molecule has 17 heavy (non-hydrogen) atoms. The van der Waals surface area contributed by atoms with E-state index in [1.165, 1.54) is 0 Å². The van der Waals surface area contributed by atoms with Crippen LogP contribution in [-0.2, 0) is 17.8 Å².